The van der Waals surface area contributed by atoms with Gasteiger partial charge in [0.1, 0.15) is 0 Å². The Balaban J connectivity index is 5.92. The number of ether oxygens (including phenoxy) is 1. The Morgan fingerprint density at radius 1 is 1.16 bits per heavy atom. The summed E-state index contributed by atoms with van der Waals surface area (Å²) in [7, 11) is 2.45. The molecule has 0 radical (unpaired) electrons. The summed E-state index contributed by atoms with van der Waals surface area (Å²) in [5.74, 6) is -0.0647. The monoisotopic (exact) mass is 393 g/mol. The average Bonchev–Trinajstić information content (AvgIpc) is 2.12. The topological polar surface area (TPSA) is 29.5 Å². The average molecular weight is 392 g/mol. The van der Waals surface area contributed by atoms with Crippen LogP contribution in [0.2, 0.25) is 34.5 Å². The number of esters is 1. The molecule has 0 aliphatic rings. The molecule has 0 atom stereocenters. The van der Waals surface area contributed by atoms with Crippen LogP contribution in [0.1, 0.15) is 6.92 Å². The summed E-state index contributed by atoms with van der Waals surface area (Å²) in [6, 6.07) is 0. The minimum atomic E-state index is -2.32. The van der Waals surface area contributed by atoms with Gasteiger partial charge in [-0.05, 0) is 0 Å². The summed E-state index contributed by atoms with van der Waals surface area (Å²) in [6.45, 7) is 9.97. The number of hydrogen-bond donors (Lipinski definition) is 0. The molecule has 0 heterocycles. The van der Waals surface area contributed by atoms with Crippen molar-refractivity contribution in [3.8, 4) is 0 Å². The second kappa shape index (κ2) is 7.27. The third kappa shape index (κ3) is 6.45. The normalized spacial score (nSPS) is 14.4. The fourth-order valence-corrected chi connectivity index (χ4v) is 14.2. The van der Waals surface area contributed by atoms with E-state index in [0.29, 0.717) is 6.61 Å². The number of likely N-dealkylation sites (N-methyl/N-ethyl adjacent to an activating group) is 1. The van der Waals surface area contributed by atoms with Crippen LogP contribution >= 0.6 is 0 Å². The first-order valence-corrected chi connectivity index (χ1v) is 20.5. The van der Waals surface area contributed by atoms with Crippen LogP contribution < -0.4 is 0 Å². The first-order valence-electron chi connectivity index (χ1n) is 6.97. The Kier molecular flexibility index (Phi) is 7.34. The van der Waals surface area contributed by atoms with E-state index in [1.54, 1.807) is 0 Å². The second-order valence-corrected chi connectivity index (χ2v) is 26.9. The zero-order valence-corrected chi connectivity index (χ0v) is 18.0. The van der Waals surface area contributed by atoms with E-state index in [1.807, 2.05) is 6.92 Å². The molecule has 0 spiro atoms. The van der Waals surface area contributed by atoms with Crippen LogP contribution in [0.4, 0.5) is 0 Å². The molecule has 0 aromatic heterocycles. The molecule has 0 N–H and O–H groups in total. The fourth-order valence-electron chi connectivity index (χ4n) is 2.09. The Labute approximate surface area is 124 Å². The molecule has 0 fully saturated rings. The van der Waals surface area contributed by atoms with Gasteiger partial charge in [0, 0.05) is 0 Å². The van der Waals surface area contributed by atoms with Gasteiger partial charge in [-0.15, -0.1) is 0 Å². The van der Waals surface area contributed by atoms with Crippen molar-refractivity contribution in [2.45, 2.75) is 41.4 Å². The number of hydrogen-bond acceptors (Lipinski definition) is 3. The molecule has 0 rings (SSSR count). The van der Waals surface area contributed by atoms with Crippen molar-refractivity contribution >= 4 is 32.4 Å². The van der Waals surface area contributed by atoms with Crippen molar-refractivity contribution in [3.05, 3.63) is 8.79 Å². The van der Waals surface area contributed by atoms with Crippen molar-refractivity contribution in [2.75, 3.05) is 27.2 Å². The molecule has 3 nitrogen and oxygen atoms in total. The summed E-state index contributed by atoms with van der Waals surface area (Å²) in [6.07, 6.45) is 0. The molecular formula is C14H31NO2SiSn. The molecule has 112 valence electrons. The standard InChI is InChI=1S/C11H22NO2Si.3CH3.Sn/c1-7-14-11(13)10(15(4,5)6)8-9-12(2)3;;;;/h7,9H2,1-6H3;3*1H3;. The van der Waals surface area contributed by atoms with Crippen molar-refractivity contribution in [3.63, 3.8) is 0 Å². The first-order chi connectivity index (χ1) is 8.41. The van der Waals surface area contributed by atoms with Gasteiger partial charge in [0.25, 0.3) is 0 Å². The summed E-state index contributed by atoms with van der Waals surface area (Å²) < 4.78 is 6.77. The number of carbonyl (C=O) groups is 1. The molecule has 0 aromatic rings. The zero-order chi connectivity index (χ0) is 15.4. The minimum absolute atomic E-state index is 0.0647. The molecule has 5 heteroatoms. The van der Waals surface area contributed by atoms with Crippen LogP contribution in [0, 0.1) is 0 Å². The van der Waals surface area contributed by atoms with Gasteiger partial charge in [0.05, 0.1) is 0 Å². The van der Waals surface area contributed by atoms with E-state index < -0.39 is 26.5 Å². The predicted octanol–water partition coefficient (Wildman–Crippen LogP) is 3.16. The molecular weight excluding hydrogens is 361 g/mol. The van der Waals surface area contributed by atoms with Crippen LogP contribution in [0.25, 0.3) is 0 Å². The summed E-state index contributed by atoms with van der Waals surface area (Å²) >= 11 is -2.32. The molecule has 0 saturated carbocycles. The maximum atomic E-state index is 12.4. The Morgan fingerprint density at radius 3 is 1.89 bits per heavy atom. The van der Waals surface area contributed by atoms with Crippen LogP contribution in [-0.4, -0.2) is 64.6 Å². The van der Waals surface area contributed by atoms with E-state index >= 15 is 0 Å². The van der Waals surface area contributed by atoms with Crippen LogP contribution in [0.5, 0.6) is 0 Å². The Bertz CT molecular complexity index is 351. The van der Waals surface area contributed by atoms with Gasteiger partial charge in [-0.25, -0.2) is 0 Å². The summed E-state index contributed by atoms with van der Waals surface area (Å²) in [4.78, 5) is 21.8. The first kappa shape index (κ1) is 19.2. The van der Waals surface area contributed by atoms with E-state index in [1.165, 1.54) is 3.59 Å². The van der Waals surface area contributed by atoms with Crippen molar-refractivity contribution in [1.82, 2.24) is 4.90 Å². The molecule has 19 heavy (non-hydrogen) atoms. The Hall–Kier alpha value is 0.186. The van der Waals surface area contributed by atoms with Crippen LogP contribution in [-0.2, 0) is 9.53 Å². The van der Waals surface area contributed by atoms with E-state index in [-0.39, 0.29) is 5.97 Å². The third-order valence-electron chi connectivity index (χ3n) is 2.91. The van der Waals surface area contributed by atoms with E-state index in [4.69, 9.17) is 4.74 Å². The summed E-state index contributed by atoms with van der Waals surface area (Å²) in [5, 5.41) is 1.05. The second-order valence-electron chi connectivity index (χ2n) is 7.31. The zero-order valence-electron chi connectivity index (χ0n) is 14.2. The van der Waals surface area contributed by atoms with Gasteiger partial charge in [-0.1, -0.05) is 0 Å². The van der Waals surface area contributed by atoms with E-state index in [0.717, 1.165) is 11.7 Å². The fraction of sp³-hybridized carbons (Fsp3) is 0.786. The number of rotatable bonds is 6. The van der Waals surface area contributed by atoms with Gasteiger partial charge >= 0.3 is 124 Å². The van der Waals surface area contributed by atoms with Gasteiger partial charge < -0.3 is 0 Å². The molecule has 0 aliphatic carbocycles. The quantitative estimate of drug-likeness (QED) is 0.395. The maximum absolute atomic E-state index is 12.4. The summed E-state index contributed by atoms with van der Waals surface area (Å²) in [5.41, 5.74) is 0. The van der Waals surface area contributed by atoms with Crippen molar-refractivity contribution in [2.24, 2.45) is 0 Å². The van der Waals surface area contributed by atoms with Gasteiger partial charge in [-0.2, -0.15) is 0 Å². The predicted molar refractivity (Wildman–Crippen MR) is 88.9 cm³/mol. The number of nitrogens with zero attached hydrogens (tertiary/aromatic N) is 1. The molecule has 0 aliphatic heterocycles. The molecule has 0 bridgehead atoms. The van der Waals surface area contributed by atoms with Crippen molar-refractivity contribution in [1.29, 1.82) is 0 Å². The van der Waals surface area contributed by atoms with Gasteiger partial charge in [-0.3, -0.25) is 0 Å². The number of carbonyl (C=O) groups excluding carboxylic acids is 1. The molecule has 0 unspecified atom stereocenters. The van der Waals surface area contributed by atoms with Gasteiger partial charge in [0.2, 0.25) is 0 Å². The van der Waals surface area contributed by atoms with E-state index in [2.05, 4.69) is 53.5 Å². The third-order valence-corrected chi connectivity index (χ3v) is 12.0. The SMILES string of the molecule is CCOC(=O)/C(=[C](/CN(C)C)[Sn]([CH3])([CH3])[CH3])[Si](C)(C)C. The molecule has 0 amide bonds. The van der Waals surface area contributed by atoms with Crippen LogP contribution in [0.15, 0.2) is 8.79 Å². The van der Waals surface area contributed by atoms with Crippen LogP contribution in [0.3, 0.4) is 0 Å². The van der Waals surface area contributed by atoms with Crippen molar-refractivity contribution < 1.29 is 9.53 Å². The van der Waals surface area contributed by atoms with Gasteiger partial charge in [0.15, 0.2) is 0 Å². The Morgan fingerprint density at radius 2 is 1.63 bits per heavy atom. The molecule has 0 saturated heterocycles. The molecule has 0 aromatic carbocycles. The van der Waals surface area contributed by atoms with E-state index in [9.17, 15) is 4.79 Å².